The third kappa shape index (κ3) is 9.52. The highest BCUT2D eigenvalue weighted by atomic mass is 35.5. The topological polar surface area (TPSA) is 169 Å². The van der Waals surface area contributed by atoms with Crippen LogP contribution in [-0.2, 0) is 24.6 Å². The van der Waals surface area contributed by atoms with Crippen LogP contribution in [0, 0.1) is 18.3 Å². The maximum atomic E-state index is 13.9. The molecule has 1 aliphatic rings. The Hall–Kier alpha value is -6.75. The number of aromatic nitrogens is 4. The highest BCUT2D eigenvalue weighted by molar-refractivity contribution is 6.32. The molecule has 0 spiro atoms. The van der Waals surface area contributed by atoms with Gasteiger partial charge in [-0.05, 0) is 78.9 Å². The summed E-state index contributed by atoms with van der Waals surface area (Å²) in [6, 6.07) is 32.8. The summed E-state index contributed by atoms with van der Waals surface area (Å²) in [5.74, 6) is 1.54. The molecule has 0 aliphatic carbocycles. The van der Waals surface area contributed by atoms with E-state index in [1.807, 2.05) is 66.1 Å². The van der Waals surface area contributed by atoms with Crippen molar-refractivity contribution in [2.24, 2.45) is 0 Å². The number of hydrogen-bond donors (Lipinski definition) is 3. The molecule has 1 saturated heterocycles. The summed E-state index contributed by atoms with van der Waals surface area (Å²) in [7, 11) is 0. The SMILES string of the molecule is Cc1c(COc2cc(OCc3cccc(C#N)c3)c(CNC(C)(C)C(=O)N3CCN(c4ccc(-c5c[nH]c(=O)[nH]c5=O)nn4)CC3)cc2Cl)cccc1-c1ccccc1. The van der Waals surface area contributed by atoms with Gasteiger partial charge >= 0.3 is 5.69 Å². The van der Waals surface area contributed by atoms with E-state index in [0.29, 0.717) is 59.8 Å². The quantitative estimate of drug-likeness (QED) is 0.119. The molecule has 59 heavy (non-hydrogen) atoms. The lowest BCUT2D eigenvalue weighted by atomic mass is 9.97. The van der Waals surface area contributed by atoms with Gasteiger partial charge in [0, 0.05) is 50.6 Å². The van der Waals surface area contributed by atoms with Gasteiger partial charge < -0.3 is 24.3 Å². The number of halogens is 1. The number of carbonyl (C=O) groups excluding carboxylic acids is 1. The molecule has 1 amide bonds. The third-order valence-corrected chi connectivity index (χ3v) is 10.7. The number of nitrogens with zero attached hydrogens (tertiary/aromatic N) is 5. The zero-order chi connectivity index (χ0) is 41.5. The summed E-state index contributed by atoms with van der Waals surface area (Å²) in [6.45, 7) is 8.55. The van der Waals surface area contributed by atoms with Crippen LogP contribution in [0.1, 0.15) is 41.7 Å². The van der Waals surface area contributed by atoms with E-state index in [2.05, 4.69) is 56.7 Å². The van der Waals surface area contributed by atoms with Gasteiger partial charge in [0.15, 0.2) is 5.82 Å². The molecule has 13 nitrogen and oxygen atoms in total. The van der Waals surface area contributed by atoms with E-state index >= 15 is 0 Å². The normalized spacial score (nSPS) is 12.9. The van der Waals surface area contributed by atoms with Gasteiger partial charge in [-0.1, -0.05) is 72.3 Å². The molecule has 0 unspecified atom stereocenters. The van der Waals surface area contributed by atoms with Crippen molar-refractivity contribution in [1.82, 2.24) is 30.4 Å². The maximum absolute atomic E-state index is 13.9. The molecule has 1 fully saturated rings. The van der Waals surface area contributed by atoms with E-state index in [0.717, 1.165) is 33.4 Å². The van der Waals surface area contributed by atoms with Gasteiger partial charge in [0.2, 0.25) is 5.91 Å². The zero-order valence-corrected chi connectivity index (χ0v) is 33.7. The largest absolute Gasteiger partial charge is 0.488 e. The van der Waals surface area contributed by atoms with Crippen molar-refractivity contribution in [1.29, 1.82) is 5.26 Å². The average Bonchev–Trinajstić information content (AvgIpc) is 3.25. The van der Waals surface area contributed by atoms with Gasteiger partial charge in [0.1, 0.15) is 30.4 Å². The Balaban J connectivity index is 1.02. The molecule has 7 rings (SSSR count). The first-order valence-corrected chi connectivity index (χ1v) is 19.5. The first-order valence-electron chi connectivity index (χ1n) is 19.2. The molecule has 0 bridgehead atoms. The van der Waals surface area contributed by atoms with Crippen LogP contribution in [0.25, 0.3) is 22.4 Å². The monoisotopic (exact) mass is 810 g/mol. The van der Waals surface area contributed by atoms with E-state index in [1.54, 1.807) is 36.4 Å². The number of benzene rings is 4. The van der Waals surface area contributed by atoms with Gasteiger partial charge in [-0.2, -0.15) is 5.26 Å². The Morgan fingerprint density at radius 2 is 1.63 bits per heavy atom. The fourth-order valence-corrected chi connectivity index (χ4v) is 7.18. The molecule has 300 valence electrons. The number of anilines is 1. The minimum absolute atomic E-state index is 0.0641. The van der Waals surface area contributed by atoms with Crippen LogP contribution in [0.15, 0.2) is 113 Å². The summed E-state index contributed by atoms with van der Waals surface area (Å²) in [5, 5.41) is 21.8. The maximum Gasteiger partial charge on any atom is 0.325 e. The summed E-state index contributed by atoms with van der Waals surface area (Å²) in [4.78, 5) is 46.0. The van der Waals surface area contributed by atoms with Crippen LogP contribution in [-0.4, -0.2) is 62.7 Å². The smallest absolute Gasteiger partial charge is 0.325 e. The molecule has 0 atom stereocenters. The van der Waals surface area contributed by atoms with Crippen molar-refractivity contribution in [3.63, 3.8) is 0 Å². The fraction of sp³-hybridized carbons (Fsp3) is 0.244. The summed E-state index contributed by atoms with van der Waals surface area (Å²) in [6.07, 6.45) is 1.31. The first kappa shape index (κ1) is 40.4. The molecule has 3 heterocycles. The average molecular weight is 811 g/mol. The Morgan fingerprint density at radius 3 is 2.36 bits per heavy atom. The lowest BCUT2D eigenvalue weighted by Crippen LogP contribution is -2.58. The molecule has 4 aromatic carbocycles. The van der Waals surface area contributed by atoms with Crippen molar-refractivity contribution in [3.05, 3.63) is 157 Å². The Kier molecular flexibility index (Phi) is 12.2. The second-order valence-corrected chi connectivity index (χ2v) is 15.2. The lowest BCUT2D eigenvalue weighted by Gasteiger charge is -2.39. The van der Waals surface area contributed by atoms with E-state index in [1.165, 1.54) is 6.20 Å². The molecule has 6 aromatic rings. The van der Waals surface area contributed by atoms with Crippen LogP contribution < -0.4 is 30.9 Å². The number of carbonyl (C=O) groups is 1. The third-order valence-electron chi connectivity index (χ3n) is 10.4. The molecular formula is C45H43ClN8O5. The standard InChI is InChI=1S/C45H43ClN8O5/c1-29-33(13-8-14-35(29)32-11-5-4-6-12-32)28-59-40-23-39(58-27-31-10-7-9-30(21-31)24-47)34(22-37(40)46)25-49-45(2,3)43(56)54-19-17-53(18-20-54)41-16-15-38(51-52-41)36-26-48-44(57)50-42(36)55/h4-16,21-23,26,49H,17-20,25,27-28H2,1-3H3,(H2,48,50,55,57). The molecule has 0 saturated carbocycles. The van der Waals surface area contributed by atoms with Crippen molar-refractivity contribution in [3.8, 4) is 40.0 Å². The highest BCUT2D eigenvalue weighted by Crippen LogP contribution is 2.35. The van der Waals surface area contributed by atoms with E-state index < -0.39 is 16.8 Å². The van der Waals surface area contributed by atoms with Crippen LogP contribution in [0.4, 0.5) is 5.82 Å². The number of rotatable bonds is 13. The zero-order valence-electron chi connectivity index (χ0n) is 32.9. The van der Waals surface area contributed by atoms with Crippen LogP contribution in [0.2, 0.25) is 5.02 Å². The van der Waals surface area contributed by atoms with Crippen molar-refractivity contribution in [2.45, 2.75) is 46.1 Å². The van der Waals surface area contributed by atoms with Gasteiger partial charge in [-0.15, -0.1) is 10.2 Å². The van der Waals surface area contributed by atoms with Crippen molar-refractivity contribution >= 4 is 23.3 Å². The van der Waals surface area contributed by atoms with Crippen molar-refractivity contribution in [2.75, 3.05) is 31.1 Å². The number of piperazine rings is 1. The molecule has 0 radical (unpaired) electrons. The minimum atomic E-state index is -0.950. The second-order valence-electron chi connectivity index (χ2n) is 14.8. The second kappa shape index (κ2) is 17.8. The molecule has 14 heteroatoms. The number of aromatic amines is 2. The molecule has 2 aromatic heterocycles. The number of amides is 1. The van der Waals surface area contributed by atoms with E-state index in [9.17, 15) is 19.6 Å². The predicted octanol–water partition coefficient (Wildman–Crippen LogP) is 6.40. The predicted molar refractivity (Wildman–Crippen MR) is 226 cm³/mol. The Labute approximate surface area is 346 Å². The van der Waals surface area contributed by atoms with Crippen molar-refractivity contribution < 1.29 is 14.3 Å². The summed E-state index contributed by atoms with van der Waals surface area (Å²) < 4.78 is 12.7. The van der Waals surface area contributed by atoms with Gasteiger partial charge in [-0.3, -0.25) is 19.9 Å². The van der Waals surface area contributed by atoms with Crippen LogP contribution >= 0.6 is 11.6 Å². The molecular weight excluding hydrogens is 768 g/mol. The van der Waals surface area contributed by atoms with Crippen LogP contribution in [0.3, 0.4) is 0 Å². The van der Waals surface area contributed by atoms with E-state index in [-0.39, 0.29) is 31.2 Å². The number of H-pyrrole nitrogens is 2. The molecule has 1 aliphatic heterocycles. The van der Waals surface area contributed by atoms with Gasteiger partial charge in [0.25, 0.3) is 5.56 Å². The first-order chi connectivity index (χ1) is 28.5. The number of nitriles is 1. The number of nitrogens with one attached hydrogen (secondary N) is 3. The van der Waals surface area contributed by atoms with Crippen LogP contribution in [0.5, 0.6) is 11.5 Å². The summed E-state index contributed by atoms with van der Waals surface area (Å²) in [5.41, 5.74) is 4.94. The Morgan fingerprint density at radius 1 is 0.864 bits per heavy atom. The lowest BCUT2D eigenvalue weighted by molar-refractivity contribution is -0.137. The fourth-order valence-electron chi connectivity index (χ4n) is 6.94. The van der Waals surface area contributed by atoms with Gasteiger partial charge in [-0.25, -0.2) is 4.79 Å². The highest BCUT2D eigenvalue weighted by Gasteiger charge is 2.34. The molecule has 3 N–H and O–H groups in total. The van der Waals surface area contributed by atoms with Gasteiger partial charge in [0.05, 0.1) is 27.8 Å². The minimum Gasteiger partial charge on any atom is -0.488 e. The van der Waals surface area contributed by atoms with E-state index in [4.69, 9.17) is 21.1 Å². The number of ether oxygens (including phenoxy) is 2. The number of hydrogen-bond acceptors (Lipinski definition) is 10. The Bertz CT molecular complexity index is 2610. The summed E-state index contributed by atoms with van der Waals surface area (Å²) >= 11 is 6.88.